The topological polar surface area (TPSA) is 72.4 Å². The Bertz CT molecular complexity index is 680. The molecule has 2 atom stereocenters. The summed E-state index contributed by atoms with van der Waals surface area (Å²) >= 11 is 0. The van der Waals surface area contributed by atoms with Crippen molar-refractivity contribution in [1.29, 1.82) is 0 Å². The van der Waals surface area contributed by atoms with Crippen LogP contribution in [-0.4, -0.2) is 34.0 Å². The SMILES string of the molecule is O=C(CCc1nc(-c2ccco2)no1)N1CCC2CCCCC2C1. The number of hydrogen-bond donors (Lipinski definition) is 0. The number of rotatable bonds is 4. The van der Waals surface area contributed by atoms with E-state index in [1.54, 1.807) is 18.4 Å². The molecule has 0 N–H and O–H groups in total. The Balaban J connectivity index is 1.30. The lowest BCUT2D eigenvalue weighted by Gasteiger charge is -2.41. The smallest absolute Gasteiger partial charge is 0.238 e. The van der Waals surface area contributed by atoms with Gasteiger partial charge in [0.05, 0.1) is 6.26 Å². The van der Waals surface area contributed by atoms with Crippen LogP contribution in [-0.2, 0) is 11.2 Å². The third-order valence-electron chi connectivity index (χ3n) is 5.41. The van der Waals surface area contributed by atoms with Gasteiger partial charge in [-0.25, -0.2) is 0 Å². The van der Waals surface area contributed by atoms with Gasteiger partial charge in [-0.2, -0.15) is 4.98 Å². The molecule has 2 aromatic rings. The molecule has 0 radical (unpaired) electrons. The van der Waals surface area contributed by atoms with Crippen molar-refractivity contribution in [2.75, 3.05) is 13.1 Å². The van der Waals surface area contributed by atoms with Gasteiger partial charge >= 0.3 is 0 Å². The summed E-state index contributed by atoms with van der Waals surface area (Å²) in [5.41, 5.74) is 0. The Labute approximate surface area is 141 Å². The molecule has 128 valence electrons. The molecule has 6 nitrogen and oxygen atoms in total. The van der Waals surface area contributed by atoms with Crippen LogP contribution < -0.4 is 0 Å². The largest absolute Gasteiger partial charge is 0.461 e. The monoisotopic (exact) mass is 329 g/mol. The predicted octanol–water partition coefficient (Wildman–Crippen LogP) is 3.30. The molecule has 2 aromatic heterocycles. The lowest BCUT2D eigenvalue weighted by molar-refractivity contribution is -0.134. The fraction of sp³-hybridized carbons (Fsp3) is 0.611. The first kappa shape index (κ1) is 15.4. The van der Waals surface area contributed by atoms with E-state index in [0.717, 1.165) is 19.0 Å². The fourth-order valence-electron chi connectivity index (χ4n) is 4.06. The van der Waals surface area contributed by atoms with Crippen LogP contribution in [0.3, 0.4) is 0 Å². The third-order valence-corrected chi connectivity index (χ3v) is 5.41. The Kier molecular flexibility index (Phi) is 4.36. The quantitative estimate of drug-likeness (QED) is 0.860. The van der Waals surface area contributed by atoms with E-state index in [2.05, 4.69) is 10.1 Å². The van der Waals surface area contributed by atoms with Gasteiger partial charge in [0.15, 0.2) is 5.76 Å². The maximum Gasteiger partial charge on any atom is 0.238 e. The molecule has 6 heteroatoms. The standard InChI is InChI=1S/C18H23N3O3/c22-17(21-10-9-13-4-1-2-5-14(13)12-21)8-7-16-19-18(20-24-16)15-6-3-11-23-15/h3,6,11,13-14H,1-2,4-5,7-10,12H2. The zero-order valence-corrected chi connectivity index (χ0v) is 13.8. The van der Waals surface area contributed by atoms with Crippen LogP contribution in [0.4, 0.5) is 0 Å². The number of carbonyl (C=O) groups excluding carboxylic acids is 1. The third kappa shape index (κ3) is 3.23. The molecular formula is C18H23N3O3. The van der Waals surface area contributed by atoms with Crippen molar-refractivity contribution >= 4 is 5.91 Å². The maximum absolute atomic E-state index is 12.5. The first-order valence-corrected chi connectivity index (χ1v) is 8.94. The molecule has 4 rings (SSSR count). The molecule has 1 amide bonds. The van der Waals surface area contributed by atoms with Crippen molar-refractivity contribution in [3.8, 4) is 11.6 Å². The normalized spacial score (nSPS) is 23.9. The van der Waals surface area contributed by atoms with Gasteiger partial charge < -0.3 is 13.8 Å². The zero-order valence-electron chi connectivity index (χ0n) is 13.8. The number of amides is 1. The van der Waals surface area contributed by atoms with Crippen molar-refractivity contribution in [3.63, 3.8) is 0 Å². The van der Waals surface area contributed by atoms with Crippen molar-refractivity contribution in [2.24, 2.45) is 11.8 Å². The molecule has 2 fully saturated rings. The summed E-state index contributed by atoms with van der Waals surface area (Å²) in [5, 5.41) is 3.90. The summed E-state index contributed by atoms with van der Waals surface area (Å²) in [5.74, 6) is 3.26. The number of carbonyl (C=O) groups is 1. The molecule has 2 unspecified atom stereocenters. The average Bonchev–Trinajstić information content (AvgIpc) is 3.30. The summed E-state index contributed by atoms with van der Waals surface area (Å²) in [6.45, 7) is 1.84. The van der Waals surface area contributed by atoms with E-state index < -0.39 is 0 Å². The lowest BCUT2D eigenvalue weighted by atomic mass is 9.75. The summed E-state index contributed by atoms with van der Waals surface area (Å²) in [6, 6.07) is 3.57. The second kappa shape index (κ2) is 6.79. The minimum Gasteiger partial charge on any atom is -0.461 e. The Hall–Kier alpha value is -2.11. The molecule has 1 saturated carbocycles. The lowest BCUT2D eigenvalue weighted by Crippen LogP contribution is -2.44. The van der Waals surface area contributed by atoms with Crippen LogP contribution in [0.2, 0.25) is 0 Å². The molecule has 1 aliphatic carbocycles. The van der Waals surface area contributed by atoms with Crippen LogP contribution in [0.1, 0.15) is 44.4 Å². The zero-order chi connectivity index (χ0) is 16.4. The highest BCUT2D eigenvalue weighted by molar-refractivity contribution is 5.76. The number of likely N-dealkylation sites (tertiary alicyclic amines) is 1. The number of aryl methyl sites for hydroxylation is 1. The predicted molar refractivity (Wildman–Crippen MR) is 87.0 cm³/mol. The van der Waals surface area contributed by atoms with Crippen LogP contribution >= 0.6 is 0 Å². The van der Waals surface area contributed by atoms with Gasteiger partial charge in [-0.05, 0) is 36.8 Å². The molecule has 1 aliphatic heterocycles. The molecule has 0 aromatic carbocycles. The number of aromatic nitrogens is 2. The van der Waals surface area contributed by atoms with E-state index in [9.17, 15) is 4.79 Å². The maximum atomic E-state index is 12.5. The van der Waals surface area contributed by atoms with E-state index in [0.29, 0.717) is 36.2 Å². The van der Waals surface area contributed by atoms with Gasteiger partial charge in [0.25, 0.3) is 0 Å². The van der Waals surface area contributed by atoms with Crippen LogP contribution in [0.25, 0.3) is 11.6 Å². The Morgan fingerprint density at radius 3 is 2.96 bits per heavy atom. The van der Waals surface area contributed by atoms with Crippen LogP contribution in [0, 0.1) is 11.8 Å². The van der Waals surface area contributed by atoms with E-state index in [4.69, 9.17) is 8.94 Å². The Morgan fingerprint density at radius 2 is 2.12 bits per heavy atom. The van der Waals surface area contributed by atoms with Crippen molar-refractivity contribution in [3.05, 3.63) is 24.3 Å². The van der Waals surface area contributed by atoms with E-state index in [-0.39, 0.29) is 5.91 Å². The summed E-state index contributed by atoms with van der Waals surface area (Å²) in [6.07, 6.45) is 8.97. The highest BCUT2D eigenvalue weighted by atomic mass is 16.5. The fourth-order valence-corrected chi connectivity index (χ4v) is 4.06. The number of nitrogens with zero attached hydrogens (tertiary/aromatic N) is 3. The molecular weight excluding hydrogens is 306 g/mol. The van der Waals surface area contributed by atoms with Crippen molar-refractivity contribution < 1.29 is 13.7 Å². The van der Waals surface area contributed by atoms with Crippen LogP contribution in [0.15, 0.2) is 27.3 Å². The minimum atomic E-state index is 0.205. The van der Waals surface area contributed by atoms with Gasteiger partial charge in [0.1, 0.15) is 0 Å². The summed E-state index contributed by atoms with van der Waals surface area (Å²) in [7, 11) is 0. The first-order valence-electron chi connectivity index (χ1n) is 8.94. The average molecular weight is 329 g/mol. The summed E-state index contributed by atoms with van der Waals surface area (Å²) in [4.78, 5) is 18.8. The van der Waals surface area contributed by atoms with E-state index in [1.807, 2.05) is 4.90 Å². The summed E-state index contributed by atoms with van der Waals surface area (Å²) < 4.78 is 10.5. The van der Waals surface area contributed by atoms with Crippen LogP contribution in [0.5, 0.6) is 0 Å². The van der Waals surface area contributed by atoms with Crippen molar-refractivity contribution in [1.82, 2.24) is 15.0 Å². The molecule has 0 spiro atoms. The van der Waals surface area contributed by atoms with Gasteiger partial charge in [-0.1, -0.05) is 24.4 Å². The second-order valence-corrected chi connectivity index (χ2v) is 6.92. The first-order chi connectivity index (χ1) is 11.8. The molecule has 3 heterocycles. The second-order valence-electron chi connectivity index (χ2n) is 6.92. The number of furan rings is 1. The molecule has 24 heavy (non-hydrogen) atoms. The number of hydrogen-bond acceptors (Lipinski definition) is 5. The van der Waals surface area contributed by atoms with Gasteiger partial charge in [-0.3, -0.25) is 4.79 Å². The van der Waals surface area contributed by atoms with Gasteiger partial charge in [-0.15, -0.1) is 0 Å². The van der Waals surface area contributed by atoms with Gasteiger partial charge in [0, 0.05) is 25.9 Å². The molecule has 1 saturated heterocycles. The van der Waals surface area contributed by atoms with E-state index >= 15 is 0 Å². The number of piperidine rings is 1. The highest BCUT2D eigenvalue weighted by Crippen LogP contribution is 2.36. The molecule has 0 bridgehead atoms. The minimum absolute atomic E-state index is 0.205. The highest BCUT2D eigenvalue weighted by Gasteiger charge is 2.32. The van der Waals surface area contributed by atoms with E-state index in [1.165, 1.54) is 32.1 Å². The molecule has 2 aliphatic rings. The number of fused-ring (bicyclic) bond motifs is 1. The van der Waals surface area contributed by atoms with Gasteiger partial charge in [0.2, 0.25) is 17.6 Å². The Morgan fingerprint density at radius 1 is 1.25 bits per heavy atom. The van der Waals surface area contributed by atoms with Crippen molar-refractivity contribution in [2.45, 2.75) is 44.9 Å².